The third kappa shape index (κ3) is 10.6. The van der Waals surface area contributed by atoms with E-state index in [9.17, 15) is 17.2 Å². The highest BCUT2D eigenvalue weighted by Crippen LogP contribution is 2.36. The van der Waals surface area contributed by atoms with Crippen LogP contribution in [0.15, 0.2) is 166 Å². The van der Waals surface area contributed by atoms with Crippen LogP contribution in [0.25, 0.3) is 0 Å². The molecular weight excluding hydrogens is 738 g/mol. The van der Waals surface area contributed by atoms with Gasteiger partial charge in [0.25, 0.3) is 0 Å². The minimum Gasteiger partial charge on any atom is -0.379 e. The summed E-state index contributed by atoms with van der Waals surface area (Å²) in [5.41, 5.74) is 4.85. The lowest BCUT2D eigenvalue weighted by atomic mass is 9.85. The maximum absolute atomic E-state index is 13.7. The molecule has 0 saturated carbocycles. The predicted octanol–water partition coefficient (Wildman–Crippen LogP) is 13.0. The van der Waals surface area contributed by atoms with Crippen molar-refractivity contribution in [3.05, 3.63) is 191 Å². The second-order valence-electron chi connectivity index (χ2n) is 13.5. The van der Waals surface area contributed by atoms with Crippen molar-refractivity contribution in [1.82, 2.24) is 0 Å². The Morgan fingerprint density at radius 2 is 1.20 bits per heavy atom. The SMILES string of the molecule is CCCCCC(CC(Cl)Cc1ccccc1Sc1ccc(OS(=O)(=O)c2ccc(C(c3ccc(F)cc3)c3ccc(F)cc3)cc2)cc1)c1ccccc1. The van der Waals surface area contributed by atoms with Crippen LogP contribution in [0.2, 0.25) is 0 Å². The summed E-state index contributed by atoms with van der Waals surface area (Å²) in [6, 6.07) is 44.5. The van der Waals surface area contributed by atoms with Gasteiger partial charge in [0.1, 0.15) is 22.3 Å². The lowest BCUT2D eigenvalue weighted by Gasteiger charge is -2.21. The van der Waals surface area contributed by atoms with Gasteiger partial charge in [-0.2, -0.15) is 8.42 Å². The smallest absolute Gasteiger partial charge is 0.339 e. The Kier molecular flexibility index (Phi) is 13.6. The van der Waals surface area contributed by atoms with E-state index in [0.29, 0.717) is 5.92 Å². The van der Waals surface area contributed by atoms with Crippen molar-refractivity contribution in [3.8, 4) is 5.75 Å². The molecule has 0 fully saturated rings. The van der Waals surface area contributed by atoms with Crippen molar-refractivity contribution in [1.29, 1.82) is 0 Å². The molecular formula is C46H43ClF2O3S2. The highest BCUT2D eigenvalue weighted by molar-refractivity contribution is 7.99. The number of alkyl halides is 1. The lowest BCUT2D eigenvalue weighted by molar-refractivity contribution is 0.486. The first-order chi connectivity index (χ1) is 26.2. The Bertz CT molecular complexity index is 2130. The maximum atomic E-state index is 13.7. The lowest BCUT2D eigenvalue weighted by Crippen LogP contribution is -2.11. The van der Waals surface area contributed by atoms with E-state index >= 15 is 0 Å². The second-order valence-corrected chi connectivity index (χ2v) is 16.7. The zero-order valence-electron chi connectivity index (χ0n) is 30.1. The van der Waals surface area contributed by atoms with Crippen LogP contribution in [0.3, 0.4) is 0 Å². The van der Waals surface area contributed by atoms with Gasteiger partial charge in [-0.3, -0.25) is 0 Å². The fourth-order valence-corrected chi connectivity index (χ4v) is 9.04. The number of benzene rings is 6. The summed E-state index contributed by atoms with van der Waals surface area (Å²) in [7, 11) is -4.15. The van der Waals surface area contributed by atoms with Gasteiger partial charge in [-0.1, -0.05) is 123 Å². The molecule has 0 amide bonds. The van der Waals surface area contributed by atoms with E-state index in [4.69, 9.17) is 15.8 Å². The Balaban J connectivity index is 1.11. The Labute approximate surface area is 327 Å². The first-order valence-electron chi connectivity index (χ1n) is 18.3. The van der Waals surface area contributed by atoms with E-state index in [0.717, 1.165) is 45.7 Å². The van der Waals surface area contributed by atoms with Crippen molar-refractivity contribution in [3.63, 3.8) is 0 Å². The highest BCUT2D eigenvalue weighted by Gasteiger charge is 2.22. The van der Waals surface area contributed by atoms with Crippen LogP contribution in [-0.4, -0.2) is 13.8 Å². The molecule has 0 heterocycles. The van der Waals surface area contributed by atoms with Crippen molar-refractivity contribution >= 4 is 33.5 Å². The molecule has 0 bridgehead atoms. The Morgan fingerprint density at radius 3 is 1.80 bits per heavy atom. The van der Waals surface area contributed by atoms with Crippen molar-refractivity contribution < 1.29 is 21.4 Å². The first-order valence-corrected chi connectivity index (χ1v) is 20.9. The summed E-state index contributed by atoms with van der Waals surface area (Å²) < 4.78 is 59.7. The van der Waals surface area contributed by atoms with Gasteiger partial charge in [-0.05, 0) is 120 Å². The van der Waals surface area contributed by atoms with E-state index in [1.807, 2.05) is 24.3 Å². The van der Waals surface area contributed by atoms with Crippen LogP contribution in [0, 0.1) is 11.6 Å². The summed E-state index contributed by atoms with van der Waals surface area (Å²) in [6.07, 6.45) is 6.38. The molecule has 0 aliphatic rings. The molecule has 0 aromatic heterocycles. The summed E-state index contributed by atoms with van der Waals surface area (Å²) in [5.74, 6) is -0.486. The normalized spacial score (nSPS) is 12.8. The quantitative estimate of drug-likeness (QED) is 0.0400. The fourth-order valence-electron chi connectivity index (χ4n) is 6.77. The average Bonchev–Trinajstić information content (AvgIpc) is 3.18. The molecule has 0 radical (unpaired) electrons. The zero-order chi connectivity index (χ0) is 37.9. The fraction of sp³-hybridized carbons (Fsp3) is 0.217. The van der Waals surface area contributed by atoms with E-state index in [1.54, 1.807) is 60.3 Å². The minimum atomic E-state index is -4.15. The van der Waals surface area contributed by atoms with E-state index in [1.165, 1.54) is 66.8 Å². The summed E-state index contributed by atoms with van der Waals surface area (Å²) in [4.78, 5) is 2.04. The molecule has 2 unspecified atom stereocenters. The zero-order valence-corrected chi connectivity index (χ0v) is 32.5. The van der Waals surface area contributed by atoms with Crippen molar-refractivity contribution in [2.24, 2.45) is 0 Å². The number of rotatable bonds is 17. The third-order valence-corrected chi connectivity index (χ3v) is 12.3. The molecule has 0 saturated heterocycles. The molecule has 0 aliphatic carbocycles. The first kappa shape index (κ1) is 39.3. The van der Waals surface area contributed by atoms with Crippen molar-refractivity contribution in [2.45, 2.75) is 77.3 Å². The van der Waals surface area contributed by atoms with E-state index in [2.05, 4.69) is 49.4 Å². The van der Waals surface area contributed by atoms with Gasteiger partial charge in [0.05, 0.1) is 0 Å². The maximum Gasteiger partial charge on any atom is 0.339 e. The molecule has 2 atom stereocenters. The average molecular weight is 781 g/mol. The van der Waals surface area contributed by atoms with Crippen LogP contribution in [0.4, 0.5) is 8.78 Å². The number of hydrogen-bond acceptors (Lipinski definition) is 4. The summed E-state index contributed by atoms with van der Waals surface area (Å²) in [6.45, 7) is 2.23. The molecule has 3 nitrogen and oxygen atoms in total. The summed E-state index contributed by atoms with van der Waals surface area (Å²) in [5, 5.41) is -0.0228. The molecule has 8 heteroatoms. The highest BCUT2D eigenvalue weighted by atomic mass is 35.5. The number of halogens is 3. The van der Waals surface area contributed by atoms with Gasteiger partial charge in [-0.15, -0.1) is 11.6 Å². The van der Waals surface area contributed by atoms with Crippen LogP contribution in [0.1, 0.15) is 78.7 Å². The largest absolute Gasteiger partial charge is 0.379 e. The van der Waals surface area contributed by atoms with Gasteiger partial charge < -0.3 is 4.18 Å². The minimum absolute atomic E-state index is 0.00825. The summed E-state index contributed by atoms with van der Waals surface area (Å²) >= 11 is 8.67. The second kappa shape index (κ2) is 18.7. The number of unbranched alkanes of at least 4 members (excludes halogenated alkanes) is 2. The van der Waals surface area contributed by atoms with Crippen molar-refractivity contribution in [2.75, 3.05) is 0 Å². The predicted molar refractivity (Wildman–Crippen MR) is 216 cm³/mol. The van der Waals surface area contributed by atoms with Gasteiger partial charge in [-0.25, -0.2) is 8.78 Å². The van der Waals surface area contributed by atoms with Gasteiger partial charge in [0, 0.05) is 21.1 Å². The molecule has 6 aromatic rings. The van der Waals surface area contributed by atoms with Gasteiger partial charge >= 0.3 is 10.1 Å². The molecule has 6 aromatic carbocycles. The third-order valence-electron chi connectivity index (χ3n) is 9.55. The molecule has 278 valence electrons. The molecule has 0 spiro atoms. The molecule has 0 aliphatic heterocycles. The Morgan fingerprint density at radius 1 is 0.648 bits per heavy atom. The Hall–Kier alpha value is -4.43. The van der Waals surface area contributed by atoms with Crippen LogP contribution >= 0.6 is 23.4 Å². The molecule has 0 N–H and O–H groups in total. The molecule has 6 rings (SSSR count). The number of hydrogen-bond donors (Lipinski definition) is 0. The van der Waals surface area contributed by atoms with Crippen LogP contribution in [0.5, 0.6) is 5.75 Å². The van der Waals surface area contributed by atoms with Gasteiger partial charge in [0.2, 0.25) is 0 Å². The van der Waals surface area contributed by atoms with Gasteiger partial charge in [0.15, 0.2) is 0 Å². The van der Waals surface area contributed by atoms with Crippen LogP contribution < -0.4 is 4.18 Å². The topological polar surface area (TPSA) is 43.4 Å². The van der Waals surface area contributed by atoms with Crippen LogP contribution in [-0.2, 0) is 16.5 Å². The standard InChI is InChI=1S/C46H43ClF2O3S2/c1-2-3-5-12-37(33-10-6-4-7-11-33)31-39(47)32-38-13-8-9-14-45(38)53-43-27-25-42(26-28-43)52-54(50,51)44-29-19-36(20-30-44)46(34-15-21-40(48)22-16-34)35-17-23-41(49)24-18-35/h4,6-11,13-30,37,39,46H,2-3,5,12,31-32H2,1H3. The monoisotopic (exact) mass is 780 g/mol. The molecule has 54 heavy (non-hydrogen) atoms. The van der Waals surface area contributed by atoms with E-state index in [-0.39, 0.29) is 33.6 Å². The van der Waals surface area contributed by atoms with E-state index < -0.39 is 10.1 Å².